The average Bonchev–Trinajstić information content (AvgIpc) is 2.85. The number of hydrazone groups is 1. The summed E-state index contributed by atoms with van der Waals surface area (Å²) >= 11 is 3.39. The average molecular weight is 523 g/mol. The van der Waals surface area contributed by atoms with Crippen LogP contribution in [0.25, 0.3) is 0 Å². The van der Waals surface area contributed by atoms with Gasteiger partial charge >= 0.3 is 5.97 Å². The highest BCUT2D eigenvalue weighted by Crippen LogP contribution is 2.23. The van der Waals surface area contributed by atoms with Crippen LogP contribution in [0, 0.1) is 0 Å². The van der Waals surface area contributed by atoms with Crippen LogP contribution in [-0.2, 0) is 0 Å². The Bertz CT molecular complexity index is 1170. The summed E-state index contributed by atoms with van der Waals surface area (Å²) in [7, 11) is 0. The van der Waals surface area contributed by atoms with Gasteiger partial charge in [0.15, 0.2) is 0 Å². The molecule has 174 valence electrons. The van der Waals surface area contributed by atoms with E-state index in [9.17, 15) is 9.59 Å². The highest BCUT2D eigenvalue weighted by atomic mass is 79.9. The van der Waals surface area contributed by atoms with E-state index in [2.05, 4.69) is 33.0 Å². The molecule has 3 aromatic carbocycles. The molecule has 0 saturated heterocycles. The number of rotatable bonds is 10. The zero-order valence-electron chi connectivity index (χ0n) is 18.5. The van der Waals surface area contributed by atoms with Crippen molar-refractivity contribution >= 4 is 34.0 Å². The molecule has 8 heteroatoms. The van der Waals surface area contributed by atoms with Crippen LogP contribution < -0.4 is 19.6 Å². The lowest BCUT2D eigenvalue weighted by Crippen LogP contribution is -2.17. The molecule has 0 radical (unpaired) electrons. The molecule has 7 nitrogen and oxygen atoms in total. The van der Waals surface area contributed by atoms with E-state index in [1.54, 1.807) is 72.8 Å². The SMILES string of the molecule is C=CCOc1ccc(C(=O)NN=Cc2cc(Br)ccc2OC(=O)c2ccc(OCC)cc2)cc1. The lowest BCUT2D eigenvalue weighted by Gasteiger charge is -2.09. The van der Waals surface area contributed by atoms with E-state index in [0.29, 0.717) is 47.2 Å². The van der Waals surface area contributed by atoms with E-state index in [-0.39, 0.29) is 0 Å². The number of hydrogen-bond donors (Lipinski definition) is 1. The Morgan fingerprint density at radius 3 is 2.26 bits per heavy atom. The summed E-state index contributed by atoms with van der Waals surface area (Å²) in [4.78, 5) is 24.9. The van der Waals surface area contributed by atoms with E-state index >= 15 is 0 Å². The molecule has 0 aromatic heterocycles. The number of amides is 1. The van der Waals surface area contributed by atoms with Crippen molar-refractivity contribution in [3.05, 3.63) is 101 Å². The molecule has 0 bridgehead atoms. The summed E-state index contributed by atoms with van der Waals surface area (Å²) < 4.78 is 17.1. The fourth-order valence-electron chi connectivity index (χ4n) is 2.81. The first-order valence-corrected chi connectivity index (χ1v) is 11.2. The zero-order valence-corrected chi connectivity index (χ0v) is 20.1. The minimum atomic E-state index is -0.525. The van der Waals surface area contributed by atoms with Crippen LogP contribution in [0.2, 0.25) is 0 Å². The van der Waals surface area contributed by atoms with Crippen LogP contribution in [0.3, 0.4) is 0 Å². The fourth-order valence-corrected chi connectivity index (χ4v) is 3.19. The van der Waals surface area contributed by atoms with Crippen LogP contribution in [-0.4, -0.2) is 31.3 Å². The molecule has 0 heterocycles. The van der Waals surface area contributed by atoms with Gasteiger partial charge in [-0.3, -0.25) is 4.79 Å². The second-order valence-electron chi connectivity index (χ2n) is 6.85. The Kier molecular flexibility index (Phi) is 8.99. The standard InChI is InChI=1S/C26H23BrN2O5/c1-3-15-33-23-10-5-18(6-11-23)25(30)29-28-17-20-16-21(27)9-14-24(20)34-26(31)19-7-12-22(13-8-19)32-4-2/h3,5-14,16-17H,1,4,15H2,2H3,(H,29,30). The van der Waals surface area contributed by atoms with Crippen LogP contribution in [0.15, 0.2) is 89.0 Å². The lowest BCUT2D eigenvalue weighted by atomic mass is 10.2. The number of halogens is 1. The molecule has 0 aliphatic heterocycles. The number of carbonyl (C=O) groups is 2. The Balaban J connectivity index is 1.66. The van der Waals surface area contributed by atoms with Gasteiger partial charge in [-0.25, -0.2) is 10.2 Å². The molecular weight excluding hydrogens is 500 g/mol. The van der Waals surface area contributed by atoms with E-state index in [1.807, 2.05) is 6.92 Å². The molecule has 0 aliphatic rings. The maximum absolute atomic E-state index is 12.6. The number of hydrogen-bond acceptors (Lipinski definition) is 6. The van der Waals surface area contributed by atoms with Crippen LogP contribution >= 0.6 is 15.9 Å². The quantitative estimate of drug-likeness (QED) is 0.127. The first kappa shape index (κ1) is 24.7. The van der Waals surface area contributed by atoms with E-state index in [0.717, 1.165) is 4.47 Å². The summed E-state index contributed by atoms with van der Waals surface area (Å²) in [5.74, 6) is 0.680. The number of nitrogens with one attached hydrogen (secondary N) is 1. The monoisotopic (exact) mass is 522 g/mol. The Morgan fingerprint density at radius 1 is 0.971 bits per heavy atom. The molecule has 0 aliphatic carbocycles. The number of benzene rings is 3. The first-order chi connectivity index (χ1) is 16.5. The molecule has 1 amide bonds. The van der Waals surface area contributed by atoms with Crippen molar-refractivity contribution < 1.29 is 23.8 Å². The van der Waals surface area contributed by atoms with Gasteiger partial charge in [-0.2, -0.15) is 5.10 Å². The number of esters is 1. The van der Waals surface area contributed by atoms with Crippen molar-refractivity contribution in [2.45, 2.75) is 6.92 Å². The van der Waals surface area contributed by atoms with Crippen molar-refractivity contribution in [2.24, 2.45) is 5.10 Å². The second-order valence-corrected chi connectivity index (χ2v) is 7.77. The Morgan fingerprint density at radius 2 is 1.62 bits per heavy atom. The van der Waals surface area contributed by atoms with E-state index < -0.39 is 11.9 Å². The van der Waals surface area contributed by atoms with Crippen molar-refractivity contribution in [3.8, 4) is 17.2 Å². The minimum absolute atomic E-state index is 0.295. The van der Waals surface area contributed by atoms with Crippen LogP contribution in [0.1, 0.15) is 33.2 Å². The van der Waals surface area contributed by atoms with Gasteiger partial charge in [0.25, 0.3) is 5.91 Å². The maximum atomic E-state index is 12.6. The predicted octanol–water partition coefficient (Wildman–Crippen LogP) is 5.40. The molecule has 1 N–H and O–H groups in total. The third-order valence-corrected chi connectivity index (χ3v) is 4.92. The molecule has 0 spiro atoms. The summed E-state index contributed by atoms with van der Waals surface area (Å²) in [6.07, 6.45) is 3.05. The summed E-state index contributed by atoms with van der Waals surface area (Å²) in [6.45, 7) is 6.40. The number of nitrogens with zero attached hydrogens (tertiary/aromatic N) is 1. The summed E-state index contributed by atoms with van der Waals surface area (Å²) in [5.41, 5.74) is 3.76. The van der Waals surface area contributed by atoms with Crippen molar-refractivity contribution in [1.82, 2.24) is 5.43 Å². The molecule has 0 saturated carbocycles. The molecule has 0 unspecified atom stereocenters. The normalized spacial score (nSPS) is 10.5. The van der Waals surface area contributed by atoms with Crippen LogP contribution in [0.5, 0.6) is 17.2 Å². The highest BCUT2D eigenvalue weighted by molar-refractivity contribution is 9.10. The fraction of sp³-hybridized carbons (Fsp3) is 0.115. The molecule has 34 heavy (non-hydrogen) atoms. The van der Waals surface area contributed by atoms with E-state index in [4.69, 9.17) is 14.2 Å². The third kappa shape index (κ3) is 7.05. The third-order valence-electron chi connectivity index (χ3n) is 4.43. The number of ether oxygens (including phenoxy) is 3. The molecule has 3 rings (SSSR count). The maximum Gasteiger partial charge on any atom is 0.343 e. The molecule has 0 atom stereocenters. The first-order valence-electron chi connectivity index (χ1n) is 10.4. The Labute approximate surface area is 206 Å². The van der Waals surface area contributed by atoms with Gasteiger partial charge in [-0.1, -0.05) is 28.6 Å². The van der Waals surface area contributed by atoms with Gasteiger partial charge < -0.3 is 14.2 Å². The van der Waals surface area contributed by atoms with Crippen molar-refractivity contribution in [3.63, 3.8) is 0 Å². The molecule has 3 aromatic rings. The van der Waals surface area contributed by atoms with Crippen molar-refractivity contribution in [2.75, 3.05) is 13.2 Å². The smallest absolute Gasteiger partial charge is 0.343 e. The lowest BCUT2D eigenvalue weighted by molar-refractivity contribution is 0.0734. The topological polar surface area (TPSA) is 86.2 Å². The predicted molar refractivity (Wildman–Crippen MR) is 134 cm³/mol. The van der Waals surface area contributed by atoms with Gasteiger partial charge in [0, 0.05) is 15.6 Å². The van der Waals surface area contributed by atoms with E-state index in [1.165, 1.54) is 6.21 Å². The van der Waals surface area contributed by atoms with Gasteiger partial charge in [-0.15, -0.1) is 0 Å². The number of carbonyl (C=O) groups excluding carboxylic acids is 2. The van der Waals surface area contributed by atoms with Crippen molar-refractivity contribution in [1.29, 1.82) is 0 Å². The molecule has 0 fully saturated rings. The highest BCUT2D eigenvalue weighted by Gasteiger charge is 2.12. The van der Waals surface area contributed by atoms with Gasteiger partial charge in [0.1, 0.15) is 23.9 Å². The second kappa shape index (κ2) is 12.4. The zero-order chi connectivity index (χ0) is 24.3. The van der Waals surface area contributed by atoms with Gasteiger partial charge in [-0.05, 0) is 73.7 Å². The molecular formula is C26H23BrN2O5. The minimum Gasteiger partial charge on any atom is -0.494 e. The summed E-state index contributed by atoms with van der Waals surface area (Å²) in [5, 5.41) is 4.01. The largest absolute Gasteiger partial charge is 0.494 e. The Hall–Kier alpha value is -3.91. The summed E-state index contributed by atoms with van der Waals surface area (Å²) in [6, 6.07) is 18.4. The van der Waals surface area contributed by atoms with Crippen LogP contribution in [0.4, 0.5) is 0 Å². The van der Waals surface area contributed by atoms with Gasteiger partial charge in [0.05, 0.1) is 18.4 Å². The van der Waals surface area contributed by atoms with Gasteiger partial charge in [0.2, 0.25) is 0 Å².